The van der Waals surface area contributed by atoms with E-state index in [0.717, 1.165) is 33.2 Å². The molecule has 0 unspecified atom stereocenters. The van der Waals surface area contributed by atoms with Crippen LogP contribution in [0, 0.1) is 20.8 Å². The molecule has 2 aromatic heterocycles. The zero-order chi connectivity index (χ0) is 20.7. The summed E-state index contributed by atoms with van der Waals surface area (Å²) in [7, 11) is 0. The normalized spacial score (nSPS) is 11.3. The minimum absolute atomic E-state index is 0.0495. The lowest BCUT2D eigenvalue weighted by Gasteiger charge is -2.09. The maximum absolute atomic E-state index is 12.5. The van der Waals surface area contributed by atoms with E-state index in [2.05, 4.69) is 5.32 Å². The third kappa shape index (κ3) is 3.66. The van der Waals surface area contributed by atoms with Crippen LogP contribution in [-0.4, -0.2) is 5.91 Å². The summed E-state index contributed by atoms with van der Waals surface area (Å²) < 4.78 is 11.2. The Morgan fingerprint density at radius 3 is 2.48 bits per heavy atom. The van der Waals surface area contributed by atoms with E-state index in [1.165, 1.54) is 0 Å². The highest BCUT2D eigenvalue weighted by molar-refractivity contribution is 6.30. The van der Waals surface area contributed by atoms with E-state index in [-0.39, 0.29) is 12.3 Å². The maximum atomic E-state index is 12.5. The molecule has 0 radical (unpaired) electrons. The Balaban J connectivity index is 1.64. The monoisotopic (exact) mass is 409 g/mol. The number of nitrogens with one attached hydrogen (secondary N) is 1. The number of furan rings is 1. The highest BCUT2D eigenvalue weighted by Gasteiger charge is 2.17. The molecule has 148 valence electrons. The molecule has 0 aliphatic heterocycles. The summed E-state index contributed by atoms with van der Waals surface area (Å²) in [4.78, 5) is 25.0. The summed E-state index contributed by atoms with van der Waals surface area (Å²) in [6.45, 7) is 6.07. The molecule has 0 spiro atoms. The Labute approximate surface area is 172 Å². The van der Waals surface area contributed by atoms with Crippen molar-refractivity contribution in [3.63, 3.8) is 0 Å². The number of halogens is 1. The molecule has 4 rings (SSSR count). The van der Waals surface area contributed by atoms with Gasteiger partial charge in [0.15, 0.2) is 0 Å². The Hall–Kier alpha value is -3.05. The number of benzene rings is 2. The van der Waals surface area contributed by atoms with Gasteiger partial charge in [0.2, 0.25) is 5.91 Å². The predicted molar refractivity (Wildman–Crippen MR) is 113 cm³/mol. The molecule has 6 heteroatoms. The van der Waals surface area contributed by atoms with Gasteiger partial charge in [0.05, 0.1) is 12.0 Å². The van der Waals surface area contributed by atoms with Crippen molar-refractivity contribution in [2.75, 3.05) is 0 Å². The van der Waals surface area contributed by atoms with Crippen LogP contribution in [0.2, 0.25) is 5.02 Å². The first-order chi connectivity index (χ1) is 13.8. The number of hydrogen-bond acceptors (Lipinski definition) is 4. The van der Waals surface area contributed by atoms with Crippen molar-refractivity contribution < 1.29 is 13.6 Å². The molecular weight excluding hydrogens is 390 g/mol. The summed E-state index contributed by atoms with van der Waals surface area (Å²) in [5.74, 6) is 0.576. The topological polar surface area (TPSA) is 72.5 Å². The fraction of sp³-hybridized carbons (Fsp3) is 0.217. The number of aryl methyl sites for hydroxylation is 3. The fourth-order valence-corrected chi connectivity index (χ4v) is 3.71. The molecule has 0 atom stereocenters. The second-order valence-electron chi connectivity index (χ2n) is 7.20. The summed E-state index contributed by atoms with van der Waals surface area (Å²) in [6.07, 6.45) is -0.0495. The summed E-state index contributed by atoms with van der Waals surface area (Å²) in [5.41, 5.74) is 3.67. The van der Waals surface area contributed by atoms with Crippen LogP contribution in [0.15, 0.2) is 50.0 Å². The van der Waals surface area contributed by atoms with Gasteiger partial charge in [-0.05, 0) is 55.7 Å². The Morgan fingerprint density at radius 1 is 1.00 bits per heavy atom. The van der Waals surface area contributed by atoms with Gasteiger partial charge in [0.25, 0.3) is 0 Å². The molecule has 0 bridgehead atoms. The van der Waals surface area contributed by atoms with Crippen LogP contribution in [0.5, 0.6) is 0 Å². The van der Waals surface area contributed by atoms with E-state index < -0.39 is 5.63 Å². The second-order valence-corrected chi connectivity index (χ2v) is 7.64. The highest BCUT2D eigenvalue weighted by atomic mass is 35.5. The quantitative estimate of drug-likeness (QED) is 0.482. The fourth-order valence-electron chi connectivity index (χ4n) is 3.50. The van der Waals surface area contributed by atoms with Crippen molar-refractivity contribution in [2.45, 2.75) is 33.7 Å². The van der Waals surface area contributed by atoms with Crippen LogP contribution in [0.3, 0.4) is 0 Å². The molecule has 1 amide bonds. The van der Waals surface area contributed by atoms with E-state index >= 15 is 0 Å². The average Bonchev–Trinajstić information content (AvgIpc) is 2.95. The van der Waals surface area contributed by atoms with Crippen LogP contribution >= 0.6 is 11.6 Å². The molecule has 1 N–H and O–H groups in total. The molecule has 5 nitrogen and oxygen atoms in total. The molecule has 0 saturated heterocycles. The van der Waals surface area contributed by atoms with Gasteiger partial charge in [0, 0.05) is 28.4 Å². The third-order valence-corrected chi connectivity index (χ3v) is 5.53. The third-order valence-electron chi connectivity index (χ3n) is 5.30. The van der Waals surface area contributed by atoms with Crippen molar-refractivity contribution in [2.24, 2.45) is 0 Å². The Bertz CT molecular complexity index is 1320. The first-order valence-electron chi connectivity index (χ1n) is 9.30. The lowest BCUT2D eigenvalue weighted by molar-refractivity contribution is -0.120. The minimum Gasteiger partial charge on any atom is -0.461 e. The summed E-state index contributed by atoms with van der Waals surface area (Å²) >= 11 is 5.97. The van der Waals surface area contributed by atoms with E-state index in [0.29, 0.717) is 28.3 Å². The second kappa shape index (κ2) is 7.41. The largest absolute Gasteiger partial charge is 0.461 e. The van der Waals surface area contributed by atoms with Gasteiger partial charge in [-0.2, -0.15) is 0 Å². The first kappa shape index (κ1) is 19.3. The van der Waals surface area contributed by atoms with Crippen LogP contribution < -0.4 is 10.9 Å². The van der Waals surface area contributed by atoms with E-state index in [4.69, 9.17) is 20.4 Å². The lowest BCUT2D eigenvalue weighted by Crippen LogP contribution is -2.27. The Morgan fingerprint density at radius 2 is 1.72 bits per heavy atom. The molecule has 0 aliphatic rings. The number of hydrogen-bond donors (Lipinski definition) is 1. The van der Waals surface area contributed by atoms with Gasteiger partial charge in [-0.15, -0.1) is 0 Å². The number of fused-ring (bicyclic) bond motifs is 2. The van der Waals surface area contributed by atoms with Crippen LogP contribution in [-0.2, 0) is 17.8 Å². The van der Waals surface area contributed by atoms with Crippen molar-refractivity contribution >= 4 is 39.4 Å². The van der Waals surface area contributed by atoms with Gasteiger partial charge >= 0.3 is 5.63 Å². The molecule has 2 aromatic carbocycles. The zero-order valence-corrected chi connectivity index (χ0v) is 17.1. The van der Waals surface area contributed by atoms with Crippen LogP contribution in [0.25, 0.3) is 21.9 Å². The molecule has 0 saturated carbocycles. The SMILES string of the molecule is Cc1oc2cc3oc(=O)c(CC(=O)NCc4cccc(Cl)c4)c(C)c3cc2c1C. The van der Waals surface area contributed by atoms with Crippen molar-refractivity contribution in [3.8, 4) is 0 Å². The van der Waals surface area contributed by atoms with E-state index in [1.807, 2.05) is 39.0 Å². The van der Waals surface area contributed by atoms with Crippen molar-refractivity contribution in [3.05, 3.63) is 79.9 Å². The molecule has 29 heavy (non-hydrogen) atoms. The summed E-state index contributed by atoms with van der Waals surface area (Å²) in [5, 5.41) is 5.22. The number of rotatable bonds is 4. The molecule has 4 aromatic rings. The molecule has 0 fully saturated rings. The van der Waals surface area contributed by atoms with E-state index in [1.54, 1.807) is 18.2 Å². The van der Waals surface area contributed by atoms with Gasteiger partial charge in [-0.3, -0.25) is 4.79 Å². The lowest BCUT2D eigenvalue weighted by atomic mass is 10.0. The van der Waals surface area contributed by atoms with E-state index in [9.17, 15) is 9.59 Å². The van der Waals surface area contributed by atoms with Gasteiger partial charge in [-0.1, -0.05) is 23.7 Å². The number of carbonyl (C=O) groups is 1. The van der Waals surface area contributed by atoms with Crippen molar-refractivity contribution in [1.29, 1.82) is 0 Å². The van der Waals surface area contributed by atoms with Gasteiger partial charge in [-0.25, -0.2) is 4.79 Å². The predicted octanol–water partition coefficient (Wildman–Crippen LogP) is 4.98. The van der Waals surface area contributed by atoms with Crippen LogP contribution in [0.4, 0.5) is 0 Å². The minimum atomic E-state index is -0.507. The standard InChI is InChI=1S/C23H20ClNO4/c1-12-14(3)28-20-10-21-18(8-17(12)20)13(2)19(23(27)29-21)9-22(26)25-11-15-5-4-6-16(24)7-15/h4-8,10H,9,11H2,1-3H3,(H,25,26). The zero-order valence-electron chi connectivity index (χ0n) is 16.4. The van der Waals surface area contributed by atoms with Crippen molar-refractivity contribution in [1.82, 2.24) is 5.32 Å². The number of amides is 1. The number of carbonyl (C=O) groups excluding carboxylic acids is 1. The molecular formula is C23H20ClNO4. The molecule has 2 heterocycles. The molecule has 0 aliphatic carbocycles. The highest BCUT2D eigenvalue weighted by Crippen LogP contribution is 2.31. The average molecular weight is 410 g/mol. The smallest absolute Gasteiger partial charge is 0.340 e. The maximum Gasteiger partial charge on any atom is 0.340 e. The van der Waals surface area contributed by atoms with Gasteiger partial charge in [0.1, 0.15) is 16.9 Å². The first-order valence-corrected chi connectivity index (χ1v) is 9.68. The van der Waals surface area contributed by atoms with Gasteiger partial charge < -0.3 is 14.2 Å². The Kier molecular flexibility index (Phi) is 4.92. The van der Waals surface area contributed by atoms with Crippen LogP contribution in [0.1, 0.15) is 28.0 Å². The summed E-state index contributed by atoms with van der Waals surface area (Å²) in [6, 6.07) is 11.0.